The van der Waals surface area contributed by atoms with Gasteiger partial charge in [-0.15, -0.1) is 6.58 Å². The van der Waals surface area contributed by atoms with Gasteiger partial charge in [-0.2, -0.15) is 0 Å². The molecule has 0 saturated carbocycles. The van der Waals surface area contributed by atoms with Gasteiger partial charge in [0.1, 0.15) is 11.5 Å². The summed E-state index contributed by atoms with van der Waals surface area (Å²) in [7, 11) is -3.41. The Bertz CT molecular complexity index is 1050. The summed E-state index contributed by atoms with van der Waals surface area (Å²) in [5, 5.41) is 0. The van der Waals surface area contributed by atoms with Crippen molar-refractivity contribution in [2.45, 2.75) is 0 Å². The minimum Gasteiger partial charge on any atom is -0.457 e. The number of hydrogen-bond donors (Lipinski definition) is 1. The quantitative estimate of drug-likeness (QED) is 0.515. The molecule has 3 rings (SSSR count). The van der Waals surface area contributed by atoms with E-state index in [2.05, 4.69) is 11.3 Å². The van der Waals surface area contributed by atoms with Crippen LogP contribution in [0.2, 0.25) is 0 Å². The lowest BCUT2D eigenvalue weighted by molar-refractivity contribution is 0.483. The highest BCUT2D eigenvalue weighted by molar-refractivity contribution is 7.92. The van der Waals surface area contributed by atoms with E-state index >= 15 is 0 Å². The Hall–Kier alpha value is -3.31. The zero-order valence-electron chi connectivity index (χ0n) is 15.2. The van der Waals surface area contributed by atoms with Crippen molar-refractivity contribution < 1.29 is 13.2 Å². The Kier molecular flexibility index (Phi) is 5.96. The lowest BCUT2D eigenvalue weighted by atomic mass is 10.0. The van der Waals surface area contributed by atoms with Crippen LogP contribution in [0.3, 0.4) is 0 Å². The van der Waals surface area contributed by atoms with E-state index in [0.29, 0.717) is 17.2 Å². The normalized spacial score (nSPS) is 10.9. The van der Waals surface area contributed by atoms with E-state index < -0.39 is 10.0 Å². The molecule has 0 atom stereocenters. The maximum absolute atomic E-state index is 11.7. The summed E-state index contributed by atoms with van der Waals surface area (Å²) in [6.07, 6.45) is 2.91. The zero-order chi connectivity index (χ0) is 20.0. The van der Waals surface area contributed by atoms with E-state index in [9.17, 15) is 8.42 Å². The highest BCUT2D eigenvalue weighted by Gasteiger charge is 2.08. The molecule has 0 aliphatic heterocycles. The number of sulfonamides is 1. The summed E-state index contributed by atoms with van der Waals surface area (Å²) in [5.41, 5.74) is 3.61. The van der Waals surface area contributed by atoms with Crippen molar-refractivity contribution in [1.29, 1.82) is 0 Å². The fourth-order valence-corrected chi connectivity index (χ4v) is 3.49. The second-order valence-electron chi connectivity index (χ2n) is 6.11. The summed E-state index contributed by atoms with van der Waals surface area (Å²) in [4.78, 5) is 0. The average molecular weight is 390 g/mol. The van der Waals surface area contributed by atoms with Crippen molar-refractivity contribution in [2.75, 3.05) is 10.5 Å². The first-order valence-electron chi connectivity index (χ1n) is 8.64. The predicted molar refractivity (Wildman–Crippen MR) is 115 cm³/mol. The summed E-state index contributed by atoms with van der Waals surface area (Å²) >= 11 is 0. The van der Waals surface area contributed by atoms with E-state index in [1.807, 2.05) is 48.5 Å². The van der Waals surface area contributed by atoms with Gasteiger partial charge in [-0.05, 0) is 53.1 Å². The van der Waals surface area contributed by atoms with Crippen LogP contribution in [0.15, 0.2) is 85.5 Å². The second kappa shape index (κ2) is 8.59. The molecule has 0 unspecified atom stereocenters. The molecule has 4 nitrogen and oxygen atoms in total. The molecule has 0 spiro atoms. The molecule has 0 heterocycles. The predicted octanol–water partition coefficient (Wildman–Crippen LogP) is 5.52. The third-order valence-corrected chi connectivity index (χ3v) is 5.21. The van der Waals surface area contributed by atoms with E-state index in [-0.39, 0.29) is 5.75 Å². The summed E-state index contributed by atoms with van der Waals surface area (Å²) in [6.45, 7) is 8.94. The van der Waals surface area contributed by atoms with Crippen LogP contribution in [0, 0.1) is 6.58 Å². The first-order valence-corrected chi connectivity index (χ1v) is 10.3. The lowest BCUT2D eigenvalue weighted by Gasteiger charge is -2.09. The number of nitrogens with one attached hydrogen (secondary N) is 1. The van der Waals surface area contributed by atoms with E-state index in [0.717, 1.165) is 16.7 Å². The van der Waals surface area contributed by atoms with E-state index in [1.165, 1.54) is 6.08 Å². The number of rotatable bonds is 8. The molecule has 1 N–H and O–H groups in total. The fraction of sp³-hybridized carbons (Fsp3) is 0.0435. The summed E-state index contributed by atoms with van der Waals surface area (Å²) in [5.74, 6) is 1.17. The number of ether oxygens (including phenoxy) is 1. The average Bonchev–Trinajstić information content (AvgIpc) is 2.70. The second-order valence-corrected chi connectivity index (χ2v) is 7.88. The molecule has 141 valence electrons. The highest BCUT2D eigenvalue weighted by Crippen LogP contribution is 2.27. The van der Waals surface area contributed by atoms with Gasteiger partial charge in [0.05, 0.1) is 5.75 Å². The Morgan fingerprint density at radius 1 is 0.857 bits per heavy atom. The maximum Gasteiger partial charge on any atom is 0.236 e. The minimum atomic E-state index is -3.41. The molecular weight excluding hydrogens is 370 g/mol. The van der Waals surface area contributed by atoms with Crippen LogP contribution >= 0.6 is 0 Å². The first-order chi connectivity index (χ1) is 13.5. The van der Waals surface area contributed by atoms with Crippen LogP contribution in [-0.2, 0) is 10.0 Å². The molecule has 0 aromatic heterocycles. The van der Waals surface area contributed by atoms with E-state index in [4.69, 9.17) is 11.3 Å². The van der Waals surface area contributed by atoms with Gasteiger partial charge in [0.25, 0.3) is 0 Å². The van der Waals surface area contributed by atoms with Crippen molar-refractivity contribution in [1.82, 2.24) is 0 Å². The standard InChI is InChI=1S/C23H20NO3S/c1-3-17-28(25,26)24-21-11-15-23(16-12-21)27-22-13-9-20(10-14-22)19-7-5-18(4-2)6-8-19/h2-16,24H,1,17H2. The number of benzene rings is 3. The van der Waals surface area contributed by atoms with Gasteiger partial charge in [-0.3, -0.25) is 4.72 Å². The van der Waals surface area contributed by atoms with Crippen LogP contribution in [0.5, 0.6) is 11.5 Å². The molecule has 0 bridgehead atoms. The topological polar surface area (TPSA) is 55.4 Å². The zero-order valence-corrected chi connectivity index (χ0v) is 16.0. The Labute approximate surface area is 165 Å². The molecule has 5 heteroatoms. The van der Waals surface area contributed by atoms with Crippen molar-refractivity contribution in [2.24, 2.45) is 0 Å². The highest BCUT2D eigenvalue weighted by atomic mass is 32.2. The van der Waals surface area contributed by atoms with Crippen molar-refractivity contribution in [3.8, 4) is 22.6 Å². The van der Waals surface area contributed by atoms with Crippen LogP contribution < -0.4 is 9.46 Å². The maximum atomic E-state index is 11.7. The van der Waals surface area contributed by atoms with Crippen LogP contribution in [-0.4, -0.2) is 14.2 Å². The molecule has 0 aliphatic carbocycles. The Balaban J connectivity index is 1.66. The SMILES string of the molecule is [CH]=Cc1ccc(-c2ccc(Oc3ccc(NS(=O)(=O)CC=C)cc3)cc2)cc1. The number of anilines is 1. The van der Waals surface area contributed by atoms with Gasteiger partial charge in [0.2, 0.25) is 10.0 Å². The van der Waals surface area contributed by atoms with Gasteiger partial charge < -0.3 is 4.74 Å². The molecular formula is C23H20NO3S. The monoisotopic (exact) mass is 390 g/mol. The molecule has 0 amide bonds. The first kappa shape index (κ1) is 19.5. The minimum absolute atomic E-state index is 0.134. The van der Waals surface area contributed by atoms with Crippen molar-refractivity contribution in [3.05, 3.63) is 97.6 Å². The molecule has 0 saturated heterocycles. The Morgan fingerprint density at radius 3 is 1.86 bits per heavy atom. The summed E-state index contributed by atoms with van der Waals surface area (Å²) < 4.78 is 31.8. The smallest absolute Gasteiger partial charge is 0.236 e. The Morgan fingerprint density at radius 2 is 1.36 bits per heavy atom. The van der Waals surface area contributed by atoms with Gasteiger partial charge in [-0.1, -0.05) is 55.1 Å². The third kappa shape index (κ3) is 5.11. The van der Waals surface area contributed by atoms with Crippen LogP contribution in [0.1, 0.15) is 5.56 Å². The fourth-order valence-electron chi connectivity index (χ4n) is 2.61. The van der Waals surface area contributed by atoms with Crippen molar-refractivity contribution >= 4 is 21.8 Å². The van der Waals surface area contributed by atoms with Crippen molar-refractivity contribution in [3.63, 3.8) is 0 Å². The van der Waals surface area contributed by atoms with Gasteiger partial charge in [-0.25, -0.2) is 8.42 Å². The third-order valence-electron chi connectivity index (χ3n) is 3.99. The largest absolute Gasteiger partial charge is 0.457 e. The molecule has 3 aromatic rings. The van der Waals surface area contributed by atoms with Gasteiger partial charge >= 0.3 is 0 Å². The summed E-state index contributed by atoms with van der Waals surface area (Å²) in [6, 6.07) is 22.4. The molecule has 0 fully saturated rings. The van der Waals surface area contributed by atoms with Crippen LogP contribution in [0.4, 0.5) is 5.69 Å². The molecule has 0 aliphatic rings. The van der Waals surface area contributed by atoms with Gasteiger partial charge in [0, 0.05) is 5.69 Å². The molecule has 28 heavy (non-hydrogen) atoms. The van der Waals surface area contributed by atoms with Gasteiger partial charge in [0.15, 0.2) is 0 Å². The molecule has 1 radical (unpaired) electrons. The molecule has 3 aromatic carbocycles. The van der Waals surface area contributed by atoms with E-state index in [1.54, 1.807) is 30.3 Å². The number of hydrogen-bond acceptors (Lipinski definition) is 3. The lowest BCUT2D eigenvalue weighted by Crippen LogP contribution is -2.14. The van der Waals surface area contributed by atoms with Crippen LogP contribution in [0.25, 0.3) is 17.2 Å².